The van der Waals surface area contributed by atoms with Crippen molar-refractivity contribution < 1.29 is 23.8 Å². The molecule has 28 heavy (non-hydrogen) atoms. The maximum absolute atomic E-state index is 11.4. The predicted octanol–water partition coefficient (Wildman–Crippen LogP) is 4.75. The summed E-state index contributed by atoms with van der Waals surface area (Å²) in [4.78, 5) is 11.4. The van der Waals surface area contributed by atoms with Crippen molar-refractivity contribution in [3.05, 3.63) is 47.5 Å². The summed E-state index contributed by atoms with van der Waals surface area (Å²) >= 11 is 0. The van der Waals surface area contributed by atoms with E-state index < -0.39 is 11.7 Å². The molecule has 3 unspecified atom stereocenters. The molecule has 0 bridgehead atoms. The molecule has 1 aliphatic heterocycles. The SMILES string of the molecule is COC(C=C(C)CCC(O)C1(C)CCC(=O)O1)CC(C)=CCCc1ccoc1. The highest BCUT2D eigenvalue weighted by molar-refractivity contribution is 5.72. The molecule has 1 N–H and O–H groups in total. The van der Waals surface area contributed by atoms with Gasteiger partial charge < -0.3 is 19.0 Å². The summed E-state index contributed by atoms with van der Waals surface area (Å²) in [6, 6.07) is 1.99. The third kappa shape index (κ3) is 6.95. The minimum Gasteiger partial charge on any atom is -0.472 e. The van der Waals surface area contributed by atoms with Gasteiger partial charge in [0, 0.05) is 13.5 Å². The Morgan fingerprint density at radius 2 is 2.18 bits per heavy atom. The summed E-state index contributed by atoms with van der Waals surface area (Å²) in [6.07, 6.45) is 12.3. The van der Waals surface area contributed by atoms with Crippen molar-refractivity contribution >= 4 is 5.97 Å². The molecule has 2 rings (SSSR count). The first-order chi connectivity index (χ1) is 13.3. The van der Waals surface area contributed by atoms with Crippen LogP contribution in [0.15, 0.2) is 46.3 Å². The Balaban J connectivity index is 1.79. The average Bonchev–Trinajstić information content (AvgIpc) is 3.29. The van der Waals surface area contributed by atoms with Crippen LogP contribution in [-0.2, 0) is 20.7 Å². The molecule has 1 aliphatic rings. The second-order valence-electron chi connectivity index (χ2n) is 8.05. The lowest BCUT2D eigenvalue weighted by molar-refractivity contribution is -0.156. The van der Waals surface area contributed by atoms with Gasteiger partial charge in [-0.2, -0.15) is 0 Å². The van der Waals surface area contributed by atoms with Gasteiger partial charge in [0.25, 0.3) is 0 Å². The number of cyclic esters (lactones) is 1. The van der Waals surface area contributed by atoms with E-state index in [1.807, 2.05) is 13.0 Å². The van der Waals surface area contributed by atoms with Crippen LogP contribution in [-0.4, -0.2) is 36.0 Å². The number of hydrogen-bond donors (Lipinski definition) is 1. The number of allylic oxidation sites excluding steroid dienone is 2. The van der Waals surface area contributed by atoms with Crippen molar-refractivity contribution in [2.45, 2.75) is 83.5 Å². The number of carbonyl (C=O) groups excluding carboxylic acids is 1. The molecule has 156 valence electrons. The van der Waals surface area contributed by atoms with Crippen molar-refractivity contribution in [1.29, 1.82) is 0 Å². The van der Waals surface area contributed by atoms with Gasteiger partial charge in [-0.25, -0.2) is 0 Å². The molecule has 0 radical (unpaired) electrons. The molecule has 1 aromatic rings. The lowest BCUT2D eigenvalue weighted by Crippen LogP contribution is -2.39. The monoisotopic (exact) mass is 390 g/mol. The maximum atomic E-state index is 11.4. The third-order valence-electron chi connectivity index (χ3n) is 5.49. The highest BCUT2D eigenvalue weighted by Gasteiger charge is 2.41. The van der Waals surface area contributed by atoms with Crippen molar-refractivity contribution in [2.75, 3.05) is 7.11 Å². The molecule has 5 nitrogen and oxygen atoms in total. The summed E-state index contributed by atoms with van der Waals surface area (Å²) in [6.45, 7) is 6.00. The van der Waals surface area contributed by atoms with E-state index in [1.165, 1.54) is 16.7 Å². The van der Waals surface area contributed by atoms with Crippen molar-refractivity contribution in [3.8, 4) is 0 Å². The summed E-state index contributed by atoms with van der Waals surface area (Å²) in [5.74, 6) is -0.219. The molecule has 1 aromatic heterocycles. The zero-order valence-electron chi connectivity index (χ0n) is 17.6. The van der Waals surface area contributed by atoms with E-state index in [4.69, 9.17) is 13.9 Å². The number of furan rings is 1. The number of aliphatic hydroxyl groups is 1. The lowest BCUT2D eigenvalue weighted by Gasteiger charge is -2.28. The van der Waals surface area contributed by atoms with Gasteiger partial charge in [0.15, 0.2) is 0 Å². The summed E-state index contributed by atoms with van der Waals surface area (Å²) in [5.41, 5.74) is 2.94. The first-order valence-electron chi connectivity index (χ1n) is 10.1. The van der Waals surface area contributed by atoms with Gasteiger partial charge in [-0.3, -0.25) is 4.79 Å². The summed E-state index contributed by atoms with van der Waals surface area (Å²) in [5, 5.41) is 10.4. The smallest absolute Gasteiger partial charge is 0.306 e. The van der Waals surface area contributed by atoms with Gasteiger partial charge in [-0.05, 0) is 70.9 Å². The zero-order chi connectivity index (χ0) is 20.6. The molecule has 0 saturated carbocycles. The van der Waals surface area contributed by atoms with Crippen LogP contribution in [0.25, 0.3) is 0 Å². The minimum absolute atomic E-state index is 0.0159. The Morgan fingerprint density at radius 1 is 1.39 bits per heavy atom. The van der Waals surface area contributed by atoms with Gasteiger partial charge in [-0.15, -0.1) is 0 Å². The number of ether oxygens (including phenoxy) is 2. The van der Waals surface area contributed by atoms with Gasteiger partial charge >= 0.3 is 5.97 Å². The van der Waals surface area contributed by atoms with Crippen LogP contribution in [0.3, 0.4) is 0 Å². The number of aryl methyl sites for hydroxylation is 1. The number of rotatable bonds is 11. The third-order valence-corrected chi connectivity index (χ3v) is 5.49. The molecule has 0 amide bonds. The fraction of sp³-hybridized carbons (Fsp3) is 0.609. The van der Waals surface area contributed by atoms with E-state index in [9.17, 15) is 9.90 Å². The Kier molecular flexibility index (Phi) is 8.52. The summed E-state index contributed by atoms with van der Waals surface area (Å²) in [7, 11) is 1.72. The largest absolute Gasteiger partial charge is 0.472 e. The second-order valence-corrected chi connectivity index (χ2v) is 8.05. The minimum atomic E-state index is -0.744. The average molecular weight is 391 g/mol. The number of esters is 1. The van der Waals surface area contributed by atoms with E-state index in [1.54, 1.807) is 19.6 Å². The van der Waals surface area contributed by atoms with Gasteiger partial charge in [0.2, 0.25) is 0 Å². The predicted molar refractivity (Wildman–Crippen MR) is 109 cm³/mol. The zero-order valence-corrected chi connectivity index (χ0v) is 17.6. The summed E-state index contributed by atoms with van der Waals surface area (Å²) < 4.78 is 16.0. The van der Waals surface area contributed by atoms with Crippen molar-refractivity contribution in [1.82, 2.24) is 0 Å². The van der Waals surface area contributed by atoms with Gasteiger partial charge in [-0.1, -0.05) is 23.3 Å². The normalized spacial score (nSPS) is 23.0. The molecule has 0 aromatic carbocycles. The Bertz CT molecular complexity index is 673. The fourth-order valence-electron chi connectivity index (χ4n) is 3.55. The Hall–Kier alpha value is -1.85. The molecule has 3 atom stereocenters. The van der Waals surface area contributed by atoms with Crippen LogP contribution < -0.4 is 0 Å². The van der Waals surface area contributed by atoms with Crippen LogP contribution in [0.2, 0.25) is 0 Å². The molecular weight excluding hydrogens is 356 g/mol. The first kappa shape index (κ1) is 22.4. The van der Waals surface area contributed by atoms with E-state index in [0.29, 0.717) is 19.3 Å². The van der Waals surface area contributed by atoms with E-state index in [-0.39, 0.29) is 12.1 Å². The number of hydrogen-bond acceptors (Lipinski definition) is 5. The van der Waals surface area contributed by atoms with E-state index in [2.05, 4.69) is 26.0 Å². The first-order valence-corrected chi connectivity index (χ1v) is 10.1. The van der Waals surface area contributed by atoms with Crippen molar-refractivity contribution in [3.63, 3.8) is 0 Å². The molecule has 0 aliphatic carbocycles. The quantitative estimate of drug-likeness (QED) is 0.436. The highest BCUT2D eigenvalue weighted by Crippen LogP contribution is 2.32. The van der Waals surface area contributed by atoms with Crippen molar-refractivity contribution in [2.24, 2.45) is 0 Å². The molecule has 5 heteroatoms. The molecular formula is C23H34O5. The van der Waals surface area contributed by atoms with Gasteiger partial charge in [0.1, 0.15) is 5.60 Å². The Morgan fingerprint density at radius 3 is 2.79 bits per heavy atom. The molecule has 2 heterocycles. The van der Waals surface area contributed by atoms with Crippen LogP contribution in [0, 0.1) is 0 Å². The molecule has 1 fully saturated rings. The topological polar surface area (TPSA) is 68.9 Å². The van der Waals surface area contributed by atoms with Crippen LogP contribution >= 0.6 is 0 Å². The second kappa shape index (κ2) is 10.6. The lowest BCUT2D eigenvalue weighted by atomic mass is 9.91. The number of methoxy groups -OCH3 is 1. The van der Waals surface area contributed by atoms with Gasteiger partial charge in [0.05, 0.1) is 24.7 Å². The number of aliphatic hydroxyl groups excluding tert-OH is 1. The standard InChI is InChI=1S/C23H34O5/c1-17(6-5-7-19-11-13-27-16-19)14-20(26-4)15-18(2)8-9-21(24)23(3)12-10-22(25)28-23/h6,11,13,15-16,20-21,24H,5,7-10,12,14H2,1-4H3. The highest BCUT2D eigenvalue weighted by atomic mass is 16.6. The van der Waals surface area contributed by atoms with Crippen LogP contribution in [0.4, 0.5) is 0 Å². The van der Waals surface area contributed by atoms with Crippen LogP contribution in [0.1, 0.15) is 64.9 Å². The fourth-order valence-corrected chi connectivity index (χ4v) is 3.55. The van der Waals surface area contributed by atoms with E-state index >= 15 is 0 Å². The number of carbonyl (C=O) groups is 1. The molecule has 0 spiro atoms. The maximum Gasteiger partial charge on any atom is 0.306 e. The molecule has 1 saturated heterocycles. The van der Waals surface area contributed by atoms with E-state index in [0.717, 1.165) is 25.7 Å². The van der Waals surface area contributed by atoms with Crippen LogP contribution in [0.5, 0.6) is 0 Å². The Labute approximate surface area is 168 Å².